The van der Waals surface area contributed by atoms with Crippen LogP contribution in [0.4, 0.5) is 5.69 Å². The summed E-state index contributed by atoms with van der Waals surface area (Å²) < 4.78 is 6.18. The van der Waals surface area contributed by atoms with Gasteiger partial charge in [0.1, 0.15) is 0 Å². The van der Waals surface area contributed by atoms with Crippen molar-refractivity contribution in [3.63, 3.8) is 0 Å². The van der Waals surface area contributed by atoms with Gasteiger partial charge in [-0.05, 0) is 0 Å². The summed E-state index contributed by atoms with van der Waals surface area (Å²) in [4.78, 5) is 9.64. The summed E-state index contributed by atoms with van der Waals surface area (Å²) in [5.74, 6) is 0.806. The van der Waals surface area contributed by atoms with Gasteiger partial charge in [0.25, 0.3) is 0 Å². The number of anilines is 1. The first-order valence-corrected chi connectivity index (χ1v) is 19.7. The van der Waals surface area contributed by atoms with Crippen molar-refractivity contribution in [1.82, 2.24) is 9.97 Å². The van der Waals surface area contributed by atoms with E-state index >= 15 is 0 Å². The van der Waals surface area contributed by atoms with Crippen LogP contribution in [0.3, 0.4) is 0 Å². The summed E-state index contributed by atoms with van der Waals surface area (Å²) in [6, 6.07) is 15.5. The van der Waals surface area contributed by atoms with Crippen molar-refractivity contribution in [2.45, 2.75) is 72.6 Å². The van der Waals surface area contributed by atoms with Crippen molar-refractivity contribution in [2.24, 2.45) is 0 Å². The normalized spacial score (nSPS) is 11.7. The molecule has 0 fully saturated rings. The fourth-order valence-corrected chi connectivity index (χ4v) is 20.6. The number of nitrogens with zero attached hydrogens (tertiary/aromatic N) is 2. The van der Waals surface area contributed by atoms with E-state index in [2.05, 4.69) is 68.6 Å². The molecule has 31 heavy (non-hydrogen) atoms. The second-order valence-electron chi connectivity index (χ2n) is 8.89. The minimum atomic E-state index is -2.42. The van der Waals surface area contributed by atoms with Crippen molar-refractivity contribution in [2.75, 3.05) is 12.4 Å². The molecule has 0 saturated heterocycles. The Bertz CT molecular complexity index is 931. The monoisotopic (exact) mass is 525 g/mol. The second kappa shape index (κ2) is 11.8. The number of aromatic nitrogens is 2. The Kier molecular flexibility index (Phi) is 9.18. The van der Waals surface area contributed by atoms with Gasteiger partial charge in [-0.2, -0.15) is 0 Å². The molecule has 1 aromatic heterocycles. The number of hydrogen-bond acceptors (Lipinski definition) is 3. The van der Waals surface area contributed by atoms with Crippen LogP contribution in [0.2, 0.25) is 13.3 Å². The van der Waals surface area contributed by atoms with Crippen molar-refractivity contribution in [1.29, 1.82) is 0 Å². The Balaban J connectivity index is 1.97. The summed E-state index contributed by atoms with van der Waals surface area (Å²) in [5, 5.41) is 4.37. The van der Waals surface area contributed by atoms with E-state index < -0.39 is 18.4 Å². The maximum atomic E-state index is 4.90. The van der Waals surface area contributed by atoms with E-state index in [1.165, 1.54) is 57.2 Å². The predicted octanol–water partition coefficient (Wildman–Crippen LogP) is 7.39. The Morgan fingerprint density at radius 3 is 1.97 bits per heavy atom. The third-order valence-electron chi connectivity index (χ3n) is 6.65. The molecule has 0 amide bonds. The summed E-state index contributed by atoms with van der Waals surface area (Å²) in [7, 11) is 1.94. The first-order chi connectivity index (χ1) is 15.2. The van der Waals surface area contributed by atoms with Gasteiger partial charge >= 0.3 is 194 Å². The topological polar surface area (TPSA) is 37.8 Å². The van der Waals surface area contributed by atoms with E-state index in [1.54, 1.807) is 3.58 Å². The van der Waals surface area contributed by atoms with Gasteiger partial charge in [-0.25, -0.2) is 0 Å². The average Bonchev–Trinajstić information content (AvgIpc) is 2.83. The molecule has 166 valence electrons. The van der Waals surface area contributed by atoms with Gasteiger partial charge in [-0.15, -0.1) is 0 Å². The molecule has 0 aliphatic rings. The van der Waals surface area contributed by atoms with E-state index in [0.29, 0.717) is 0 Å². The molecule has 0 spiro atoms. The predicted molar refractivity (Wildman–Crippen MR) is 139 cm³/mol. The second-order valence-corrected chi connectivity index (χ2v) is 22.1. The molecule has 0 unspecified atom stereocenters. The molecule has 2 aromatic carbocycles. The van der Waals surface area contributed by atoms with E-state index in [1.807, 2.05) is 13.2 Å². The molecule has 0 atom stereocenters. The van der Waals surface area contributed by atoms with Gasteiger partial charge in [-0.1, -0.05) is 0 Å². The third-order valence-corrected chi connectivity index (χ3v) is 22.3. The molecule has 0 aliphatic carbocycles. The zero-order valence-corrected chi connectivity index (χ0v) is 22.7. The van der Waals surface area contributed by atoms with Crippen LogP contribution in [-0.4, -0.2) is 35.4 Å². The molecular weight excluding hydrogens is 485 g/mol. The first-order valence-electron chi connectivity index (χ1n) is 12.2. The zero-order valence-electron chi connectivity index (χ0n) is 19.9. The third kappa shape index (κ3) is 6.00. The van der Waals surface area contributed by atoms with E-state index in [-0.39, 0.29) is 0 Å². The molecular formula is C27H39N3Sn. The summed E-state index contributed by atoms with van der Waals surface area (Å²) in [6.07, 6.45) is 10.1. The average molecular weight is 524 g/mol. The molecule has 1 heterocycles. The molecule has 0 aliphatic heterocycles. The van der Waals surface area contributed by atoms with Gasteiger partial charge in [0.05, 0.1) is 0 Å². The van der Waals surface area contributed by atoms with Gasteiger partial charge in [0.15, 0.2) is 0 Å². The summed E-state index contributed by atoms with van der Waals surface area (Å²) in [6.45, 7) is 7.03. The molecule has 0 bridgehead atoms. The molecule has 0 saturated carbocycles. The SMILES string of the molecule is CCC[CH2][Sn]([CH2]CCC)([CH2]CCC)[c]1ccc2nc(-c3ccc(NC)cc3)ncc2c1. The molecule has 3 nitrogen and oxygen atoms in total. The number of benzene rings is 2. The van der Waals surface area contributed by atoms with Crippen molar-refractivity contribution >= 4 is 38.5 Å². The Morgan fingerprint density at radius 1 is 0.806 bits per heavy atom. The van der Waals surface area contributed by atoms with Crippen LogP contribution in [0.25, 0.3) is 22.3 Å². The molecule has 1 N–H and O–H groups in total. The van der Waals surface area contributed by atoms with Crippen LogP contribution in [0.15, 0.2) is 48.7 Å². The van der Waals surface area contributed by atoms with Gasteiger partial charge in [0, 0.05) is 0 Å². The summed E-state index contributed by atoms with van der Waals surface area (Å²) in [5.41, 5.74) is 3.23. The number of unbranched alkanes of at least 4 members (excludes halogenated alkanes) is 3. The van der Waals surface area contributed by atoms with Gasteiger partial charge < -0.3 is 0 Å². The van der Waals surface area contributed by atoms with Gasteiger partial charge in [-0.3, -0.25) is 0 Å². The maximum absolute atomic E-state index is 4.90. The van der Waals surface area contributed by atoms with Crippen LogP contribution in [0.1, 0.15) is 59.3 Å². The van der Waals surface area contributed by atoms with E-state index in [9.17, 15) is 0 Å². The Labute approximate surface area is 193 Å². The molecule has 3 aromatic rings. The molecule has 0 radical (unpaired) electrons. The zero-order chi connectivity index (χ0) is 22.1. The van der Waals surface area contributed by atoms with Crippen LogP contribution in [0, 0.1) is 0 Å². The minimum absolute atomic E-state index is 0.806. The van der Waals surface area contributed by atoms with Crippen LogP contribution < -0.4 is 8.90 Å². The Hall–Kier alpha value is -1.62. The fourth-order valence-electron chi connectivity index (χ4n) is 4.64. The Morgan fingerprint density at radius 2 is 1.42 bits per heavy atom. The molecule has 4 heteroatoms. The van der Waals surface area contributed by atoms with Crippen molar-refractivity contribution in [3.05, 3.63) is 48.7 Å². The van der Waals surface area contributed by atoms with Crippen molar-refractivity contribution in [3.8, 4) is 11.4 Å². The number of rotatable bonds is 12. The standard InChI is InChI=1S/C15H12N3.3C4H9.Sn/c1-16-13-8-6-11(7-9-13)15-17-10-12-4-2-3-5-14(12)18-15;3*1-3-4-2;/h3-10,16H,1H3;3*1,3-4H2,2H3;. The first kappa shape index (κ1) is 24.0. The van der Waals surface area contributed by atoms with Crippen LogP contribution >= 0.6 is 0 Å². The van der Waals surface area contributed by atoms with Crippen LogP contribution in [0.5, 0.6) is 0 Å². The van der Waals surface area contributed by atoms with Crippen LogP contribution in [-0.2, 0) is 0 Å². The molecule has 3 rings (SSSR count). The number of hydrogen-bond donors (Lipinski definition) is 1. The van der Waals surface area contributed by atoms with Gasteiger partial charge in [0.2, 0.25) is 0 Å². The quantitative estimate of drug-likeness (QED) is 0.251. The summed E-state index contributed by atoms with van der Waals surface area (Å²) >= 11 is -2.42. The van der Waals surface area contributed by atoms with E-state index in [4.69, 9.17) is 9.97 Å². The van der Waals surface area contributed by atoms with E-state index in [0.717, 1.165) is 22.6 Å². The number of nitrogens with one attached hydrogen (secondary N) is 1. The number of fused-ring (bicyclic) bond motifs is 1. The van der Waals surface area contributed by atoms with Crippen molar-refractivity contribution < 1.29 is 0 Å². The fraction of sp³-hybridized carbons (Fsp3) is 0.481.